The Morgan fingerprint density at radius 2 is 2.10 bits per heavy atom. The number of hydrogen-bond donors (Lipinski definition) is 3. The summed E-state index contributed by atoms with van der Waals surface area (Å²) in [4.78, 5) is 19.5. The zero-order valence-electron chi connectivity index (χ0n) is 17.6. The third-order valence-electron chi connectivity index (χ3n) is 5.11. The van der Waals surface area contributed by atoms with Crippen molar-refractivity contribution in [1.29, 1.82) is 0 Å². The molecule has 6 nitrogen and oxygen atoms in total. The zero-order valence-corrected chi connectivity index (χ0v) is 20.7. The molecule has 30 heavy (non-hydrogen) atoms. The number of rotatable bonds is 8. The van der Waals surface area contributed by atoms with Crippen molar-refractivity contribution in [2.45, 2.75) is 45.1 Å². The molecule has 1 aromatic heterocycles. The molecule has 1 aliphatic rings. The topological polar surface area (TPSA) is 77.0 Å². The number of aliphatic imine (C=N–C) groups is 1. The first-order chi connectivity index (χ1) is 14.2. The monoisotopic (exact) mass is 544 g/mol. The Morgan fingerprint density at radius 1 is 1.27 bits per heavy atom. The molecular formula is C22H33IN4O2S. The highest BCUT2D eigenvalue weighted by molar-refractivity contribution is 14.0. The van der Waals surface area contributed by atoms with Crippen LogP contribution in [0.3, 0.4) is 0 Å². The van der Waals surface area contributed by atoms with E-state index in [1.165, 1.54) is 4.70 Å². The summed E-state index contributed by atoms with van der Waals surface area (Å²) in [5.74, 6) is 0.990. The van der Waals surface area contributed by atoms with Gasteiger partial charge in [0.05, 0.1) is 6.54 Å². The van der Waals surface area contributed by atoms with Gasteiger partial charge >= 0.3 is 0 Å². The zero-order chi connectivity index (χ0) is 20.5. The van der Waals surface area contributed by atoms with Gasteiger partial charge in [-0.3, -0.25) is 9.79 Å². The van der Waals surface area contributed by atoms with E-state index in [-0.39, 0.29) is 29.9 Å². The predicted octanol–water partition coefficient (Wildman–Crippen LogP) is 3.90. The van der Waals surface area contributed by atoms with Gasteiger partial charge in [0.1, 0.15) is 6.10 Å². The van der Waals surface area contributed by atoms with Gasteiger partial charge in [-0.15, -0.1) is 35.3 Å². The Hall–Kier alpha value is -1.39. The van der Waals surface area contributed by atoms with Crippen LogP contribution >= 0.6 is 35.3 Å². The summed E-state index contributed by atoms with van der Waals surface area (Å²) in [6, 6.07) is 10.2. The van der Waals surface area contributed by atoms with Crippen molar-refractivity contribution in [3.8, 4) is 0 Å². The standard InChI is InChI=1S/C22H32N4O2S.HI/c1-2-23-22(24-12-8-14-26-13-7-3-4-11-21(26)28)25-16-18(27)20-15-17-9-5-6-10-19(17)29-20;/h5-6,9-10,15,18,27H,2-4,7-8,11-14,16H2,1H3,(H2,23,24,25);1H. The number of fused-ring (bicyclic) bond motifs is 1. The summed E-state index contributed by atoms with van der Waals surface area (Å²) in [7, 11) is 0. The third-order valence-corrected chi connectivity index (χ3v) is 6.33. The lowest BCUT2D eigenvalue weighted by molar-refractivity contribution is -0.130. The van der Waals surface area contributed by atoms with E-state index in [1.807, 2.05) is 30.0 Å². The number of nitrogens with zero attached hydrogens (tertiary/aromatic N) is 2. The van der Waals surface area contributed by atoms with Crippen molar-refractivity contribution in [3.05, 3.63) is 35.2 Å². The molecule has 0 spiro atoms. The highest BCUT2D eigenvalue weighted by Gasteiger charge is 2.16. The van der Waals surface area contributed by atoms with Crippen molar-refractivity contribution in [1.82, 2.24) is 15.5 Å². The number of aliphatic hydroxyl groups excluding tert-OH is 1. The molecule has 3 N–H and O–H groups in total. The number of carbonyl (C=O) groups is 1. The van der Waals surface area contributed by atoms with E-state index in [2.05, 4.69) is 27.8 Å². The summed E-state index contributed by atoms with van der Waals surface area (Å²) in [5.41, 5.74) is 0. The molecule has 1 aromatic carbocycles. The largest absolute Gasteiger partial charge is 0.386 e. The fraction of sp³-hybridized carbons (Fsp3) is 0.545. The first-order valence-electron chi connectivity index (χ1n) is 10.6. The molecular weight excluding hydrogens is 511 g/mol. The van der Waals surface area contributed by atoms with E-state index in [0.29, 0.717) is 18.9 Å². The number of nitrogens with one attached hydrogen (secondary N) is 2. The molecule has 0 bridgehead atoms. The molecule has 1 fully saturated rings. The number of halogens is 1. The summed E-state index contributed by atoms with van der Waals surface area (Å²) in [6.45, 7) is 5.51. The van der Waals surface area contributed by atoms with Crippen LogP contribution in [0.25, 0.3) is 10.1 Å². The fourth-order valence-electron chi connectivity index (χ4n) is 3.53. The summed E-state index contributed by atoms with van der Waals surface area (Å²) < 4.78 is 1.18. The molecule has 1 aliphatic heterocycles. The minimum atomic E-state index is -0.613. The Balaban J connectivity index is 0.00000320. The number of benzene rings is 1. The molecule has 1 amide bonds. The lowest BCUT2D eigenvalue weighted by atomic mass is 10.2. The van der Waals surface area contributed by atoms with Gasteiger partial charge in [-0.25, -0.2) is 0 Å². The smallest absolute Gasteiger partial charge is 0.222 e. The average molecular weight is 545 g/mol. The number of guanidine groups is 1. The SMILES string of the molecule is CCNC(=NCC(O)c1cc2ccccc2s1)NCCCN1CCCCCC1=O.I. The molecule has 0 radical (unpaired) electrons. The van der Waals surface area contributed by atoms with Crippen molar-refractivity contribution < 1.29 is 9.90 Å². The van der Waals surface area contributed by atoms with E-state index in [0.717, 1.165) is 62.1 Å². The molecule has 0 saturated carbocycles. The molecule has 3 rings (SSSR count). The molecule has 2 aromatic rings. The van der Waals surface area contributed by atoms with E-state index < -0.39 is 6.10 Å². The average Bonchev–Trinajstić information content (AvgIpc) is 3.06. The van der Waals surface area contributed by atoms with Gasteiger partial charge in [-0.05, 0) is 43.7 Å². The molecule has 8 heteroatoms. The molecule has 1 saturated heterocycles. The second kappa shape index (κ2) is 13.1. The molecule has 1 unspecified atom stereocenters. The second-order valence-corrected chi connectivity index (χ2v) is 8.51. The minimum absolute atomic E-state index is 0. The lowest BCUT2D eigenvalue weighted by Crippen LogP contribution is -2.39. The number of thiophene rings is 1. The van der Waals surface area contributed by atoms with E-state index in [9.17, 15) is 9.90 Å². The first kappa shape index (κ1) is 24.9. The van der Waals surface area contributed by atoms with Crippen LogP contribution < -0.4 is 10.6 Å². The van der Waals surface area contributed by atoms with Crippen molar-refractivity contribution >= 4 is 57.3 Å². The quantitative estimate of drug-likeness (QED) is 0.204. The van der Waals surface area contributed by atoms with Crippen molar-refractivity contribution in [2.24, 2.45) is 4.99 Å². The van der Waals surface area contributed by atoms with E-state index >= 15 is 0 Å². The molecule has 0 aliphatic carbocycles. The number of aliphatic hydroxyl groups is 1. The van der Waals surface area contributed by atoms with Gasteiger partial charge in [0, 0.05) is 42.2 Å². The summed E-state index contributed by atoms with van der Waals surface area (Å²) in [5, 5.41) is 18.2. The maximum absolute atomic E-state index is 12.1. The van der Waals surface area contributed by atoms with Crippen molar-refractivity contribution in [2.75, 3.05) is 32.7 Å². The van der Waals surface area contributed by atoms with Crippen LogP contribution in [-0.2, 0) is 4.79 Å². The number of hydrogen-bond acceptors (Lipinski definition) is 4. The molecule has 166 valence electrons. The van der Waals surface area contributed by atoms with Crippen LogP contribution in [0.5, 0.6) is 0 Å². The molecule has 2 heterocycles. The van der Waals surface area contributed by atoms with Crippen LogP contribution in [0.2, 0.25) is 0 Å². The van der Waals surface area contributed by atoms with Gasteiger partial charge in [0.15, 0.2) is 5.96 Å². The lowest BCUT2D eigenvalue weighted by Gasteiger charge is -2.20. The number of carbonyl (C=O) groups excluding carboxylic acids is 1. The van der Waals surface area contributed by atoms with E-state index in [1.54, 1.807) is 11.3 Å². The normalized spacial score (nSPS) is 16.1. The second-order valence-electron chi connectivity index (χ2n) is 7.39. The van der Waals surface area contributed by atoms with Crippen LogP contribution in [0, 0.1) is 0 Å². The Morgan fingerprint density at radius 3 is 2.90 bits per heavy atom. The maximum Gasteiger partial charge on any atom is 0.222 e. The predicted molar refractivity (Wildman–Crippen MR) is 136 cm³/mol. The van der Waals surface area contributed by atoms with Crippen molar-refractivity contribution in [3.63, 3.8) is 0 Å². The summed E-state index contributed by atoms with van der Waals surface area (Å²) >= 11 is 1.61. The summed E-state index contributed by atoms with van der Waals surface area (Å²) in [6.07, 6.45) is 4.24. The first-order valence-corrected chi connectivity index (χ1v) is 11.5. The van der Waals surface area contributed by atoms with Gasteiger partial charge in [-0.1, -0.05) is 24.6 Å². The van der Waals surface area contributed by atoms with Gasteiger partial charge < -0.3 is 20.6 Å². The Kier molecular flexibility index (Phi) is 10.9. The molecule has 1 atom stereocenters. The van der Waals surface area contributed by atoms with Crippen LogP contribution in [0.15, 0.2) is 35.3 Å². The van der Waals surface area contributed by atoms with Crippen LogP contribution in [0.1, 0.15) is 50.0 Å². The Bertz CT molecular complexity index is 793. The van der Waals surface area contributed by atoms with Crippen LogP contribution in [-0.4, -0.2) is 54.6 Å². The fourth-order valence-corrected chi connectivity index (χ4v) is 4.57. The van der Waals surface area contributed by atoms with Gasteiger partial charge in [0.25, 0.3) is 0 Å². The third kappa shape index (κ3) is 7.39. The number of likely N-dealkylation sites (tertiary alicyclic amines) is 1. The number of amides is 1. The highest BCUT2D eigenvalue weighted by atomic mass is 127. The highest BCUT2D eigenvalue weighted by Crippen LogP contribution is 2.29. The van der Waals surface area contributed by atoms with Crippen LogP contribution in [0.4, 0.5) is 0 Å². The Labute approximate surface area is 200 Å². The minimum Gasteiger partial charge on any atom is -0.386 e. The van der Waals surface area contributed by atoms with Gasteiger partial charge in [-0.2, -0.15) is 0 Å². The van der Waals surface area contributed by atoms with Gasteiger partial charge in [0.2, 0.25) is 5.91 Å². The van der Waals surface area contributed by atoms with E-state index in [4.69, 9.17) is 0 Å². The maximum atomic E-state index is 12.1.